The van der Waals surface area contributed by atoms with Crippen LogP contribution in [0.15, 0.2) is 12.4 Å². The van der Waals surface area contributed by atoms with Crippen LogP contribution in [-0.4, -0.2) is 56.0 Å². The maximum Gasteiger partial charge on any atom is 0.329 e. The van der Waals surface area contributed by atoms with E-state index in [0.717, 1.165) is 12.8 Å². The van der Waals surface area contributed by atoms with E-state index in [4.69, 9.17) is 0 Å². The third-order valence-corrected chi connectivity index (χ3v) is 3.85. The second kappa shape index (κ2) is 5.52. The highest BCUT2D eigenvalue weighted by Gasteiger charge is 2.44. The Morgan fingerprint density at radius 2 is 2.30 bits per heavy atom. The molecule has 0 aliphatic carbocycles. The number of carbonyl (C=O) groups excluding carboxylic acids is 1. The Kier molecular flexibility index (Phi) is 3.96. The van der Waals surface area contributed by atoms with Crippen LogP contribution in [0.3, 0.4) is 0 Å². The van der Waals surface area contributed by atoms with Crippen molar-refractivity contribution in [3.05, 3.63) is 18.2 Å². The van der Waals surface area contributed by atoms with Gasteiger partial charge in [0.15, 0.2) is 0 Å². The van der Waals surface area contributed by atoms with Gasteiger partial charge in [-0.2, -0.15) is 0 Å². The molecule has 2 N–H and O–H groups in total. The summed E-state index contributed by atoms with van der Waals surface area (Å²) in [6, 6.07) is -0.272. The summed E-state index contributed by atoms with van der Waals surface area (Å²) in [5.41, 5.74) is -1.12. The van der Waals surface area contributed by atoms with Gasteiger partial charge in [0.1, 0.15) is 11.4 Å². The summed E-state index contributed by atoms with van der Waals surface area (Å²) < 4.78 is 0. The van der Waals surface area contributed by atoms with Crippen LogP contribution in [0.1, 0.15) is 32.0 Å². The molecule has 0 bridgehead atoms. The maximum absolute atomic E-state index is 12.5. The van der Waals surface area contributed by atoms with Crippen molar-refractivity contribution in [3.63, 3.8) is 0 Å². The van der Waals surface area contributed by atoms with E-state index in [2.05, 4.69) is 9.97 Å². The Balaban J connectivity index is 2.11. The van der Waals surface area contributed by atoms with Crippen molar-refractivity contribution in [2.45, 2.75) is 38.3 Å². The van der Waals surface area contributed by atoms with E-state index in [9.17, 15) is 14.7 Å². The predicted molar refractivity (Wildman–Crippen MR) is 72.0 cm³/mol. The lowest BCUT2D eigenvalue weighted by molar-refractivity contribution is -0.150. The van der Waals surface area contributed by atoms with Gasteiger partial charge in [-0.1, -0.05) is 0 Å². The molecule has 2 rings (SSSR count). The van der Waals surface area contributed by atoms with Crippen LogP contribution >= 0.6 is 0 Å². The molecule has 1 aromatic heterocycles. The Morgan fingerprint density at radius 3 is 2.90 bits per heavy atom. The van der Waals surface area contributed by atoms with Gasteiger partial charge in [-0.15, -0.1) is 0 Å². The summed E-state index contributed by atoms with van der Waals surface area (Å²) in [6.45, 7) is 2.43. The van der Waals surface area contributed by atoms with Crippen molar-refractivity contribution in [1.29, 1.82) is 0 Å². The van der Waals surface area contributed by atoms with Gasteiger partial charge < -0.3 is 19.9 Å². The second-order valence-corrected chi connectivity index (χ2v) is 5.36. The van der Waals surface area contributed by atoms with Crippen LogP contribution in [0.25, 0.3) is 0 Å². The van der Waals surface area contributed by atoms with Crippen molar-refractivity contribution in [2.24, 2.45) is 0 Å². The van der Waals surface area contributed by atoms with Crippen molar-refractivity contribution in [2.75, 3.05) is 13.6 Å². The molecule has 1 unspecified atom stereocenters. The number of aromatic nitrogens is 2. The number of rotatable bonds is 3. The fraction of sp³-hybridized carbons (Fsp3) is 0.615. The topological polar surface area (TPSA) is 89.5 Å². The first-order valence-corrected chi connectivity index (χ1v) is 6.69. The number of amides is 2. The Bertz CT molecular complexity index is 488. The molecule has 0 spiro atoms. The van der Waals surface area contributed by atoms with E-state index in [-0.39, 0.29) is 6.03 Å². The molecule has 1 saturated heterocycles. The predicted octanol–water partition coefficient (Wildman–Crippen LogP) is 1.29. The van der Waals surface area contributed by atoms with Gasteiger partial charge >= 0.3 is 12.0 Å². The van der Waals surface area contributed by atoms with E-state index in [1.54, 1.807) is 26.4 Å². The van der Waals surface area contributed by atoms with Crippen LogP contribution < -0.4 is 0 Å². The highest BCUT2D eigenvalue weighted by Crippen LogP contribution is 2.29. The molecular weight excluding hydrogens is 260 g/mol. The number of urea groups is 1. The molecule has 7 heteroatoms. The van der Waals surface area contributed by atoms with Crippen molar-refractivity contribution in [3.8, 4) is 0 Å². The number of H-pyrrole nitrogens is 1. The molecule has 7 nitrogen and oxygen atoms in total. The number of hydrogen-bond acceptors (Lipinski definition) is 3. The monoisotopic (exact) mass is 280 g/mol. The van der Waals surface area contributed by atoms with Gasteiger partial charge in [0, 0.05) is 26.0 Å². The first-order valence-electron chi connectivity index (χ1n) is 6.69. The van der Waals surface area contributed by atoms with Crippen LogP contribution in [0.5, 0.6) is 0 Å². The third kappa shape index (κ3) is 2.61. The minimum Gasteiger partial charge on any atom is -0.480 e. The molecule has 1 atom stereocenters. The lowest BCUT2D eigenvalue weighted by Gasteiger charge is -2.43. The molecule has 1 aliphatic heterocycles. The van der Waals surface area contributed by atoms with Crippen LogP contribution in [0.2, 0.25) is 0 Å². The van der Waals surface area contributed by atoms with E-state index in [1.807, 2.05) is 0 Å². The summed E-state index contributed by atoms with van der Waals surface area (Å²) in [4.78, 5) is 33.9. The molecule has 2 heterocycles. The lowest BCUT2D eigenvalue weighted by Crippen LogP contribution is -2.60. The number of aromatic amines is 1. The molecule has 110 valence electrons. The number of imidazole rings is 1. The van der Waals surface area contributed by atoms with Gasteiger partial charge in [0.2, 0.25) is 0 Å². The van der Waals surface area contributed by atoms with E-state index >= 15 is 0 Å². The van der Waals surface area contributed by atoms with E-state index in [1.165, 1.54) is 9.80 Å². The van der Waals surface area contributed by atoms with Gasteiger partial charge in [-0.25, -0.2) is 14.6 Å². The summed E-state index contributed by atoms with van der Waals surface area (Å²) in [5, 5.41) is 9.42. The van der Waals surface area contributed by atoms with Gasteiger partial charge in [0.25, 0.3) is 0 Å². The van der Waals surface area contributed by atoms with Gasteiger partial charge in [-0.3, -0.25) is 0 Å². The first-order chi connectivity index (χ1) is 9.45. The lowest BCUT2D eigenvalue weighted by atomic mass is 9.89. The standard InChI is InChI=1S/C13H20N4O3/c1-13(11(18)19)5-3-4-8-17(13)12(20)16(2)9-10-14-6-7-15-10/h6-7H,3-5,8-9H2,1-2H3,(H,14,15)(H,18,19). The van der Waals surface area contributed by atoms with E-state index < -0.39 is 11.5 Å². The van der Waals surface area contributed by atoms with Gasteiger partial charge in [0.05, 0.1) is 6.54 Å². The second-order valence-electron chi connectivity index (χ2n) is 5.36. The average Bonchev–Trinajstić information content (AvgIpc) is 2.91. The van der Waals surface area contributed by atoms with E-state index in [0.29, 0.717) is 25.3 Å². The number of likely N-dealkylation sites (tertiary alicyclic amines) is 1. The normalized spacial score (nSPS) is 22.6. The molecule has 20 heavy (non-hydrogen) atoms. The molecule has 0 saturated carbocycles. The maximum atomic E-state index is 12.5. The van der Waals surface area contributed by atoms with Crippen molar-refractivity contribution >= 4 is 12.0 Å². The molecule has 1 fully saturated rings. The summed E-state index contributed by atoms with van der Waals surface area (Å²) in [7, 11) is 1.65. The number of nitrogens with one attached hydrogen (secondary N) is 1. The van der Waals surface area contributed by atoms with Crippen molar-refractivity contribution < 1.29 is 14.7 Å². The van der Waals surface area contributed by atoms with Gasteiger partial charge in [-0.05, 0) is 26.2 Å². The molecule has 1 aliphatic rings. The quantitative estimate of drug-likeness (QED) is 0.873. The molecule has 0 aromatic carbocycles. The highest BCUT2D eigenvalue weighted by atomic mass is 16.4. The summed E-state index contributed by atoms with van der Waals surface area (Å²) in [5.74, 6) is -0.271. The molecule has 1 aromatic rings. The Labute approximate surface area is 117 Å². The largest absolute Gasteiger partial charge is 0.480 e. The van der Waals surface area contributed by atoms with Crippen LogP contribution in [-0.2, 0) is 11.3 Å². The Morgan fingerprint density at radius 1 is 1.55 bits per heavy atom. The molecular formula is C13H20N4O3. The van der Waals surface area contributed by atoms with Crippen LogP contribution in [0, 0.1) is 0 Å². The highest BCUT2D eigenvalue weighted by molar-refractivity contribution is 5.86. The average molecular weight is 280 g/mol. The number of carbonyl (C=O) groups is 2. The smallest absolute Gasteiger partial charge is 0.329 e. The number of hydrogen-bond donors (Lipinski definition) is 2. The zero-order valence-electron chi connectivity index (χ0n) is 11.8. The van der Waals surface area contributed by atoms with Crippen LogP contribution in [0.4, 0.5) is 4.79 Å². The summed E-state index contributed by atoms with van der Waals surface area (Å²) >= 11 is 0. The number of carboxylic acids is 1. The fourth-order valence-corrected chi connectivity index (χ4v) is 2.53. The zero-order chi connectivity index (χ0) is 14.8. The number of piperidine rings is 1. The number of nitrogens with zero attached hydrogens (tertiary/aromatic N) is 3. The SMILES string of the molecule is CN(Cc1ncc[nH]1)C(=O)N1CCCCC1(C)C(=O)O. The minimum absolute atomic E-state index is 0.272. The molecule has 0 radical (unpaired) electrons. The Hall–Kier alpha value is -2.05. The summed E-state index contributed by atoms with van der Waals surface area (Å²) in [6.07, 6.45) is 5.46. The zero-order valence-corrected chi connectivity index (χ0v) is 11.8. The van der Waals surface area contributed by atoms with Crippen molar-refractivity contribution in [1.82, 2.24) is 19.8 Å². The minimum atomic E-state index is -1.12. The number of carboxylic acid groups (broad SMARTS) is 1. The number of aliphatic carboxylic acids is 1. The first kappa shape index (κ1) is 14.4. The molecule has 2 amide bonds. The third-order valence-electron chi connectivity index (χ3n) is 3.85. The fourth-order valence-electron chi connectivity index (χ4n) is 2.53.